The third-order valence-electron chi connectivity index (χ3n) is 15.0. The number of carbonyl (C=O) groups is 3. The fourth-order valence-electron chi connectivity index (χ4n) is 10.2. The van der Waals surface area contributed by atoms with Gasteiger partial charge >= 0.3 is 5.97 Å². The summed E-state index contributed by atoms with van der Waals surface area (Å²) in [5.41, 5.74) is 0. The van der Waals surface area contributed by atoms with Gasteiger partial charge in [-0.3, -0.25) is 9.59 Å². The lowest BCUT2D eigenvalue weighted by atomic mass is 9.88. The number of rotatable bonds is 41. The van der Waals surface area contributed by atoms with Gasteiger partial charge in [0.15, 0.2) is 12.6 Å². The Kier molecular flexibility index (Phi) is 34.2. The van der Waals surface area contributed by atoms with E-state index in [-0.39, 0.29) is 12.3 Å². The van der Waals surface area contributed by atoms with E-state index in [0.29, 0.717) is 12.8 Å². The summed E-state index contributed by atoms with van der Waals surface area (Å²) in [6.07, 6.45) is 0.220. The van der Waals surface area contributed by atoms with E-state index in [0.717, 1.165) is 51.9 Å². The number of aliphatic carboxylic acids is 1. The molecule has 78 heavy (non-hydrogen) atoms. The number of hydrogen-bond acceptors (Lipinski definition) is 20. The summed E-state index contributed by atoms with van der Waals surface area (Å²) in [6.45, 7) is 2.05. The minimum absolute atomic E-state index is 0.202. The Hall–Kier alpha value is -2.53. The minimum Gasteiger partial charge on any atom is -0.477 e. The Balaban J connectivity index is 1.69. The molecule has 0 saturated carbocycles. The first-order valence-electron chi connectivity index (χ1n) is 29.1. The summed E-state index contributed by atoms with van der Waals surface area (Å²) in [5, 5.41) is 135. The van der Waals surface area contributed by atoms with E-state index in [1.54, 1.807) is 6.08 Å². The molecule has 23 nitrogen and oxygen atoms in total. The van der Waals surface area contributed by atoms with E-state index in [4.69, 9.17) is 28.4 Å². The normalized spacial score (nSPS) is 31.2. The standard InChI is InChI=1S/C55H100N2O21/c1-4-6-8-10-12-14-15-16-17-18-19-21-22-24-26-28-37(62)36(57-42(65)29-27-25-23-20-13-11-9-7-5-2)34-73-52-47(69)46(68)49(41(33-60)75-52)76-53-48(70)51(45(67)40(32-59)74-53)78-55(54(71)72)30-38(63)43(56-35(3)61)50(77-55)44(66)39(64)31-58/h26,28,36-41,43-53,58-60,62-64,66-70H,4-25,27,29-34H2,1-3H3,(H,56,61)(H,57,65)(H,71,72)/b28-26+. The van der Waals surface area contributed by atoms with Gasteiger partial charge < -0.3 is 100 Å². The predicted octanol–water partition coefficient (Wildman–Crippen LogP) is 1.61. The maximum atomic E-state index is 13.3. The van der Waals surface area contributed by atoms with Crippen LogP contribution in [0.4, 0.5) is 0 Å². The lowest BCUT2D eigenvalue weighted by Crippen LogP contribution is -2.70. The van der Waals surface area contributed by atoms with Crippen LogP contribution in [-0.4, -0.2) is 215 Å². The average Bonchev–Trinajstić information content (AvgIpc) is 3.45. The highest BCUT2D eigenvalue weighted by Crippen LogP contribution is 2.38. The number of carboxylic acid groups (broad SMARTS) is 1. The molecule has 0 radical (unpaired) electrons. The van der Waals surface area contributed by atoms with Crippen LogP contribution in [0.5, 0.6) is 0 Å². The maximum Gasteiger partial charge on any atom is 0.364 e. The molecule has 3 rings (SSSR count). The number of aliphatic hydroxyl groups is 11. The third kappa shape index (κ3) is 23.0. The Morgan fingerprint density at radius 2 is 1.19 bits per heavy atom. The molecule has 3 saturated heterocycles. The highest BCUT2D eigenvalue weighted by Gasteiger charge is 2.60. The maximum absolute atomic E-state index is 13.3. The SMILES string of the molecule is CCCCCCCCCCCCCCC/C=C/C(O)C(COC1OC(CO)C(OC2OC(CO)C(O)C(OC3(C(=O)O)CC(O)C(NC(C)=O)C(C(O)C(O)CO)O3)C2O)C(O)C1O)NC(=O)CCCCCCCCCCC. The number of carbonyl (C=O) groups excluding carboxylic acids is 2. The van der Waals surface area contributed by atoms with Gasteiger partial charge in [0, 0.05) is 19.8 Å². The van der Waals surface area contributed by atoms with Crippen LogP contribution in [0.2, 0.25) is 0 Å². The molecule has 3 heterocycles. The molecule has 0 bridgehead atoms. The second kappa shape index (κ2) is 38.3. The number of unbranched alkanes of at least 4 members (excludes halogenated alkanes) is 21. The van der Waals surface area contributed by atoms with Crippen LogP contribution in [0, 0.1) is 0 Å². The molecule has 0 aromatic rings. The van der Waals surface area contributed by atoms with Gasteiger partial charge in [-0.2, -0.15) is 0 Å². The molecule has 3 aliphatic rings. The molecule has 0 aromatic heterocycles. The smallest absolute Gasteiger partial charge is 0.364 e. The molecule has 3 fully saturated rings. The van der Waals surface area contributed by atoms with Crippen molar-refractivity contribution in [2.24, 2.45) is 0 Å². The second-order valence-electron chi connectivity index (χ2n) is 21.5. The van der Waals surface area contributed by atoms with Crippen molar-refractivity contribution in [1.29, 1.82) is 0 Å². The molecule has 0 aromatic carbocycles. The first-order valence-corrected chi connectivity index (χ1v) is 29.1. The van der Waals surface area contributed by atoms with Gasteiger partial charge in [-0.1, -0.05) is 154 Å². The van der Waals surface area contributed by atoms with Crippen molar-refractivity contribution < 1.29 is 104 Å². The quantitative estimate of drug-likeness (QED) is 0.0305. The Morgan fingerprint density at radius 3 is 1.71 bits per heavy atom. The largest absolute Gasteiger partial charge is 0.477 e. The first-order chi connectivity index (χ1) is 37.4. The van der Waals surface area contributed by atoms with Crippen molar-refractivity contribution in [3.8, 4) is 0 Å². The molecule has 23 heteroatoms. The highest BCUT2D eigenvalue weighted by atomic mass is 16.8. The number of aliphatic hydroxyl groups excluding tert-OH is 11. The Morgan fingerprint density at radius 1 is 0.667 bits per heavy atom. The Labute approximate surface area is 461 Å². The molecular formula is C55H100N2O21. The second-order valence-corrected chi connectivity index (χ2v) is 21.5. The van der Waals surface area contributed by atoms with E-state index in [2.05, 4.69) is 24.5 Å². The van der Waals surface area contributed by atoms with E-state index in [1.165, 1.54) is 89.9 Å². The van der Waals surface area contributed by atoms with Gasteiger partial charge in [-0.25, -0.2) is 4.79 Å². The molecule has 2 amide bonds. The highest BCUT2D eigenvalue weighted by molar-refractivity contribution is 5.77. The molecule has 14 N–H and O–H groups in total. The zero-order chi connectivity index (χ0) is 57.6. The van der Waals surface area contributed by atoms with Crippen LogP contribution in [0.15, 0.2) is 12.2 Å². The van der Waals surface area contributed by atoms with Gasteiger partial charge in [0.2, 0.25) is 11.8 Å². The van der Waals surface area contributed by atoms with Crippen LogP contribution in [0.1, 0.15) is 181 Å². The molecule has 18 atom stereocenters. The predicted molar refractivity (Wildman–Crippen MR) is 283 cm³/mol. The summed E-state index contributed by atoms with van der Waals surface area (Å²) >= 11 is 0. The molecule has 3 aliphatic heterocycles. The zero-order valence-corrected chi connectivity index (χ0v) is 46.5. The monoisotopic (exact) mass is 1120 g/mol. The lowest BCUT2D eigenvalue weighted by molar-refractivity contribution is -0.386. The van der Waals surface area contributed by atoms with Crippen molar-refractivity contribution >= 4 is 17.8 Å². The number of allylic oxidation sites excluding steroid dienone is 1. The molecule has 18 unspecified atom stereocenters. The van der Waals surface area contributed by atoms with Gasteiger partial charge in [-0.05, 0) is 19.3 Å². The van der Waals surface area contributed by atoms with Crippen molar-refractivity contribution in [2.45, 2.75) is 291 Å². The lowest BCUT2D eigenvalue weighted by Gasteiger charge is -2.50. The van der Waals surface area contributed by atoms with Crippen molar-refractivity contribution in [1.82, 2.24) is 10.6 Å². The Bertz CT molecular complexity index is 1670. The number of ether oxygens (including phenoxy) is 6. The fraction of sp³-hybridized carbons (Fsp3) is 0.909. The van der Waals surface area contributed by atoms with Crippen molar-refractivity contribution in [3.63, 3.8) is 0 Å². The molecular weight excluding hydrogens is 1020 g/mol. The average molecular weight is 1130 g/mol. The number of hydrogen-bond donors (Lipinski definition) is 14. The van der Waals surface area contributed by atoms with Crippen LogP contribution >= 0.6 is 0 Å². The van der Waals surface area contributed by atoms with Crippen LogP contribution in [-0.2, 0) is 42.8 Å². The zero-order valence-electron chi connectivity index (χ0n) is 46.5. The summed E-state index contributed by atoms with van der Waals surface area (Å²) in [5.74, 6) is -6.15. The first kappa shape index (κ1) is 69.7. The summed E-state index contributed by atoms with van der Waals surface area (Å²) in [6, 6.07) is -2.61. The van der Waals surface area contributed by atoms with E-state index in [1.807, 2.05) is 6.08 Å². The van der Waals surface area contributed by atoms with Crippen LogP contribution in [0.3, 0.4) is 0 Å². The van der Waals surface area contributed by atoms with Crippen LogP contribution < -0.4 is 10.6 Å². The number of carboxylic acids is 1. The summed E-state index contributed by atoms with van der Waals surface area (Å²) in [4.78, 5) is 38.2. The number of amides is 2. The number of nitrogens with one attached hydrogen (secondary N) is 2. The van der Waals surface area contributed by atoms with Gasteiger partial charge in [0.25, 0.3) is 5.79 Å². The van der Waals surface area contributed by atoms with Crippen molar-refractivity contribution in [3.05, 3.63) is 12.2 Å². The molecule has 0 spiro atoms. The topological polar surface area (TPSA) is 373 Å². The summed E-state index contributed by atoms with van der Waals surface area (Å²) in [7, 11) is 0. The fourth-order valence-corrected chi connectivity index (χ4v) is 10.2. The van der Waals surface area contributed by atoms with Crippen LogP contribution in [0.25, 0.3) is 0 Å². The van der Waals surface area contributed by atoms with E-state index in [9.17, 15) is 75.7 Å². The molecule has 456 valence electrons. The van der Waals surface area contributed by atoms with Gasteiger partial charge in [0.05, 0.1) is 50.7 Å². The van der Waals surface area contributed by atoms with Gasteiger partial charge in [0.1, 0.15) is 67.1 Å². The molecule has 0 aliphatic carbocycles. The summed E-state index contributed by atoms with van der Waals surface area (Å²) < 4.78 is 34.6. The minimum atomic E-state index is -3.08. The van der Waals surface area contributed by atoms with Crippen molar-refractivity contribution in [2.75, 3.05) is 26.4 Å². The van der Waals surface area contributed by atoms with Gasteiger partial charge in [-0.15, -0.1) is 0 Å². The third-order valence-corrected chi connectivity index (χ3v) is 15.0. The van der Waals surface area contributed by atoms with E-state index >= 15 is 0 Å². The van der Waals surface area contributed by atoms with E-state index < -0.39 is 155 Å².